The fourth-order valence-electron chi connectivity index (χ4n) is 3.27. The minimum absolute atomic E-state index is 0.0968. The van der Waals surface area contributed by atoms with E-state index < -0.39 is 5.97 Å². The quantitative estimate of drug-likeness (QED) is 0.621. The van der Waals surface area contributed by atoms with Gasteiger partial charge in [-0.25, -0.2) is 0 Å². The maximum atomic E-state index is 11.1. The molecule has 0 saturated carbocycles. The highest BCUT2D eigenvalue weighted by Gasteiger charge is 2.32. The highest BCUT2D eigenvalue weighted by molar-refractivity contribution is 5.67. The molecule has 2 N–H and O–H groups in total. The molecule has 0 aliphatic carbocycles. The number of hydrogen-bond acceptors (Lipinski definition) is 2. The van der Waals surface area contributed by atoms with Gasteiger partial charge in [0, 0.05) is 17.5 Å². The average Bonchev–Trinajstić information content (AvgIpc) is 2.59. The summed E-state index contributed by atoms with van der Waals surface area (Å²) in [6.45, 7) is 12.9. The number of carbonyl (C=O) groups is 1. The fraction of sp³-hybridized carbons (Fsp3) is 0.667. The minimum Gasteiger partial charge on any atom is -0.507 e. The number of carboxylic acid groups (broad SMARTS) is 1. The molecule has 0 saturated heterocycles. The number of rotatable bonds is 9. The topological polar surface area (TPSA) is 57.5 Å². The highest BCUT2D eigenvalue weighted by Crippen LogP contribution is 2.45. The predicted molar refractivity (Wildman–Crippen MR) is 99.9 cm³/mol. The van der Waals surface area contributed by atoms with Gasteiger partial charge in [-0.15, -0.1) is 0 Å². The maximum Gasteiger partial charge on any atom is 0.303 e. The molecule has 0 spiro atoms. The number of aliphatic carboxylic acids is 1. The van der Waals surface area contributed by atoms with E-state index in [4.69, 9.17) is 5.11 Å². The van der Waals surface area contributed by atoms with Crippen molar-refractivity contribution in [3.05, 3.63) is 28.8 Å². The molecule has 0 fully saturated rings. The van der Waals surface area contributed by atoms with Crippen LogP contribution in [0.25, 0.3) is 0 Å². The summed E-state index contributed by atoms with van der Waals surface area (Å²) >= 11 is 0. The Bertz CT molecular complexity index is 527. The lowest BCUT2D eigenvalue weighted by Crippen LogP contribution is -2.25. The van der Waals surface area contributed by atoms with Crippen LogP contribution in [0.3, 0.4) is 0 Å². The smallest absolute Gasteiger partial charge is 0.303 e. The van der Waals surface area contributed by atoms with E-state index in [1.807, 2.05) is 12.1 Å². The summed E-state index contributed by atoms with van der Waals surface area (Å²) in [7, 11) is 0. The van der Waals surface area contributed by atoms with Crippen molar-refractivity contribution in [3.63, 3.8) is 0 Å². The van der Waals surface area contributed by atoms with Crippen molar-refractivity contribution in [2.45, 2.75) is 90.9 Å². The molecule has 0 amide bonds. The summed E-state index contributed by atoms with van der Waals surface area (Å²) in [5, 5.41) is 20.1. The largest absolute Gasteiger partial charge is 0.507 e. The number of carboxylic acids is 1. The molecule has 0 heterocycles. The second-order valence-electron chi connectivity index (χ2n) is 7.47. The first-order valence-electron chi connectivity index (χ1n) is 9.26. The second kappa shape index (κ2) is 8.04. The van der Waals surface area contributed by atoms with E-state index in [0.29, 0.717) is 12.2 Å². The highest BCUT2D eigenvalue weighted by atomic mass is 16.4. The van der Waals surface area contributed by atoms with Crippen LogP contribution in [0.4, 0.5) is 0 Å². The van der Waals surface area contributed by atoms with Crippen LogP contribution in [0, 0.1) is 0 Å². The van der Waals surface area contributed by atoms with Crippen molar-refractivity contribution in [2.24, 2.45) is 0 Å². The predicted octanol–water partition coefficient (Wildman–Crippen LogP) is 5.56. The molecule has 0 aliphatic heterocycles. The summed E-state index contributed by atoms with van der Waals surface area (Å²) in [4.78, 5) is 11.0. The fourth-order valence-corrected chi connectivity index (χ4v) is 3.27. The van der Waals surface area contributed by atoms with Gasteiger partial charge in [-0.2, -0.15) is 0 Å². The Balaban J connectivity index is 3.58. The van der Waals surface area contributed by atoms with Gasteiger partial charge in [-0.3, -0.25) is 4.79 Å². The van der Waals surface area contributed by atoms with Crippen molar-refractivity contribution >= 4 is 5.97 Å². The van der Waals surface area contributed by atoms with Crippen LogP contribution < -0.4 is 0 Å². The maximum absolute atomic E-state index is 11.1. The molecular weight excluding hydrogens is 300 g/mol. The molecule has 1 rings (SSSR count). The summed E-state index contributed by atoms with van der Waals surface area (Å²) in [6, 6.07) is 4.06. The van der Waals surface area contributed by atoms with Crippen molar-refractivity contribution in [1.29, 1.82) is 0 Å². The molecule has 1 aromatic carbocycles. The van der Waals surface area contributed by atoms with Crippen LogP contribution in [-0.2, 0) is 22.0 Å². The van der Waals surface area contributed by atoms with Gasteiger partial charge < -0.3 is 10.2 Å². The van der Waals surface area contributed by atoms with E-state index in [9.17, 15) is 9.90 Å². The molecule has 3 nitrogen and oxygen atoms in total. The van der Waals surface area contributed by atoms with Crippen molar-refractivity contribution in [2.75, 3.05) is 0 Å². The number of hydrogen-bond donors (Lipinski definition) is 2. The number of aryl methyl sites for hydroxylation is 1. The number of benzene rings is 1. The molecule has 0 aliphatic rings. The van der Waals surface area contributed by atoms with Crippen molar-refractivity contribution in [3.8, 4) is 5.75 Å². The van der Waals surface area contributed by atoms with Crippen LogP contribution in [0.5, 0.6) is 5.75 Å². The van der Waals surface area contributed by atoms with Gasteiger partial charge in [-0.1, -0.05) is 53.7 Å². The van der Waals surface area contributed by atoms with Gasteiger partial charge in [0.15, 0.2) is 0 Å². The first-order chi connectivity index (χ1) is 11.2. The molecule has 0 atom stereocenters. The molecule has 0 radical (unpaired) electrons. The molecule has 136 valence electrons. The van der Waals surface area contributed by atoms with Gasteiger partial charge >= 0.3 is 5.97 Å². The van der Waals surface area contributed by atoms with Gasteiger partial charge in [0.25, 0.3) is 0 Å². The number of phenols is 1. The lowest BCUT2D eigenvalue weighted by molar-refractivity contribution is -0.136. The van der Waals surface area contributed by atoms with Crippen molar-refractivity contribution in [1.82, 2.24) is 0 Å². The summed E-state index contributed by atoms with van der Waals surface area (Å²) in [5.41, 5.74) is 2.76. The Morgan fingerprint density at radius 2 is 1.29 bits per heavy atom. The number of phenolic OH excluding ortho intramolecular Hbond substituents is 1. The van der Waals surface area contributed by atoms with Crippen LogP contribution in [0.1, 0.15) is 90.3 Å². The third-order valence-corrected chi connectivity index (χ3v) is 6.22. The zero-order valence-electron chi connectivity index (χ0n) is 16.2. The minimum atomic E-state index is -0.784. The van der Waals surface area contributed by atoms with Gasteiger partial charge in [0.2, 0.25) is 0 Å². The Kier molecular flexibility index (Phi) is 6.88. The van der Waals surface area contributed by atoms with Gasteiger partial charge in [0.05, 0.1) is 0 Å². The van der Waals surface area contributed by atoms with Crippen LogP contribution in [0.2, 0.25) is 0 Å². The first-order valence-corrected chi connectivity index (χ1v) is 9.26. The van der Waals surface area contributed by atoms with Gasteiger partial charge in [-0.05, 0) is 48.5 Å². The second-order valence-corrected chi connectivity index (χ2v) is 7.47. The Labute approximate surface area is 147 Å². The summed E-state index contributed by atoms with van der Waals surface area (Å²) in [6.07, 6.45) is 4.37. The van der Waals surface area contributed by atoms with Gasteiger partial charge in [0.1, 0.15) is 5.75 Å². The van der Waals surface area contributed by atoms with E-state index in [2.05, 4.69) is 41.5 Å². The zero-order chi connectivity index (χ0) is 18.5. The first kappa shape index (κ1) is 20.5. The number of aromatic hydroxyl groups is 1. The molecular formula is C21H34O3. The van der Waals surface area contributed by atoms with E-state index in [-0.39, 0.29) is 17.3 Å². The average molecular weight is 335 g/mol. The van der Waals surface area contributed by atoms with Crippen molar-refractivity contribution < 1.29 is 15.0 Å². The zero-order valence-corrected chi connectivity index (χ0v) is 16.2. The van der Waals surface area contributed by atoms with Crippen LogP contribution in [0.15, 0.2) is 12.1 Å². The molecule has 0 bridgehead atoms. The van der Waals surface area contributed by atoms with Crippen LogP contribution in [-0.4, -0.2) is 16.2 Å². The lowest BCUT2D eigenvalue weighted by atomic mass is 9.71. The summed E-state index contributed by atoms with van der Waals surface area (Å²) < 4.78 is 0. The molecule has 24 heavy (non-hydrogen) atoms. The van der Waals surface area contributed by atoms with E-state index in [1.165, 1.54) is 0 Å². The van der Waals surface area contributed by atoms with E-state index >= 15 is 0 Å². The van der Waals surface area contributed by atoms with E-state index in [0.717, 1.165) is 42.4 Å². The molecule has 0 aromatic heterocycles. The third kappa shape index (κ3) is 4.12. The normalized spacial score (nSPS) is 12.4. The third-order valence-electron chi connectivity index (χ3n) is 6.22. The Hall–Kier alpha value is -1.51. The monoisotopic (exact) mass is 334 g/mol. The SMILES string of the molecule is CCC(C)(CC)c1cc(CCC(=O)O)cc(C(C)(CC)CC)c1O. The van der Waals surface area contributed by atoms with E-state index in [1.54, 1.807) is 0 Å². The Morgan fingerprint density at radius 3 is 1.58 bits per heavy atom. The molecule has 0 unspecified atom stereocenters. The summed E-state index contributed by atoms with van der Waals surface area (Å²) in [5.74, 6) is -0.375. The molecule has 1 aromatic rings. The Morgan fingerprint density at radius 1 is 0.917 bits per heavy atom. The lowest BCUT2D eigenvalue weighted by Gasteiger charge is -2.34. The molecule has 3 heteroatoms. The van der Waals surface area contributed by atoms with Crippen LogP contribution >= 0.6 is 0 Å². The standard InChI is InChI=1S/C21H34O3/c1-7-20(5,8-2)16-13-15(11-12-18(22)23)14-17(19(16)24)21(6,9-3)10-4/h13-14,24H,7-12H2,1-6H3,(H,22,23).